The van der Waals surface area contributed by atoms with Crippen molar-refractivity contribution in [3.05, 3.63) is 0 Å². The van der Waals surface area contributed by atoms with Gasteiger partial charge >= 0.3 is 0 Å². The Bertz CT molecular complexity index is 287. The molecule has 0 radical (unpaired) electrons. The van der Waals surface area contributed by atoms with E-state index in [1.165, 1.54) is 12.2 Å². The molecule has 0 amide bonds. The molecule has 3 nitrogen and oxygen atoms in total. The Morgan fingerprint density at radius 1 is 1.26 bits per heavy atom. The van der Waals surface area contributed by atoms with Crippen molar-refractivity contribution in [3.63, 3.8) is 0 Å². The Morgan fingerprint density at radius 3 is 2.37 bits per heavy atom. The van der Waals surface area contributed by atoms with Crippen LogP contribution in [0.15, 0.2) is 0 Å². The SMILES string of the molecule is CSCCCNC(=S)NC1CC(C)(C)[NH2+]C(C)(C)C1. The van der Waals surface area contributed by atoms with Crippen molar-refractivity contribution in [1.82, 2.24) is 10.6 Å². The second-order valence-electron chi connectivity index (χ2n) is 6.97. The highest BCUT2D eigenvalue weighted by molar-refractivity contribution is 7.98. The topological polar surface area (TPSA) is 40.7 Å². The standard InChI is InChI=1S/C14H29N3S2/c1-13(2)9-11(10-14(3,4)17-13)16-12(18)15-7-6-8-19-5/h11,17H,6-10H2,1-5H3,(H2,15,16,18)/p+1. The fourth-order valence-electron chi connectivity index (χ4n) is 3.27. The van der Waals surface area contributed by atoms with Crippen LogP contribution >= 0.6 is 24.0 Å². The Morgan fingerprint density at radius 2 is 1.84 bits per heavy atom. The Labute approximate surface area is 128 Å². The van der Waals surface area contributed by atoms with Gasteiger partial charge in [-0.05, 0) is 58.3 Å². The molecule has 0 aromatic rings. The van der Waals surface area contributed by atoms with E-state index in [1.807, 2.05) is 11.8 Å². The summed E-state index contributed by atoms with van der Waals surface area (Å²) in [6.45, 7) is 10.2. The monoisotopic (exact) mass is 304 g/mol. The minimum atomic E-state index is 0.286. The highest BCUT2D eigenvalue weighted by atomic mass is 32.2. The zero-order valence-corrected chi connectivity index (χ0v) is 14.6. The van der Waals surface area contributed by atoms with Crippen LogP contribution in [0, 0.1) is 0 Å². The first-order valence-corrected chi connectivity index (χ1v) is 8.95. The molecular formula is C14H30N3S2+. The number of nitrogens with one attached hydrogen (secondary N) is 2. The molecule has 0 spiro atoms. The average molecular weight is 305 g/mol. The predicted molar refractivity (Wildman–Crippen MR) is 89.8 cm³/mol. The molecule has 1 saturated heterocycles. The van der Waals surface area contributed by atoms with E-state index in [0.29, 0.717) is 6.04 Å². The fourth-order valence-corrected chi connectivity index (χ4v) is 3.98. The number of nitrogens with two attached hydrogens (primary N) is 1. The lowest BCUT2D eigenvalue weighted by molar-refractivity contribution is -0.787. The summed E-state index contributed by atoms with van der Waals surface area (Å²) in [5.74, 6) is 1.19. The van der Waals surface area contributed by atoms with E-state index in [-0.39, 0.29) is 11.1 Å². The fraction of sp³-hybridized carbons (Fsp3) is 0.929. The van der Waals surface area contributed by atoms with Gasteiger partial charge in [0, 0.05) is 25.4 Å². The van der Waals surface area contributed by atoms with E-state index in [2.05, 4.69) is 49.9 Å². The molecule has 4 N–H and O–H groups in total. The number of rotatable bonds is 5. The van der Waals surface area contributed by atoms with Crippen molar-refractivity contribution < 1.29 is 5.32 Å². The Balaban J connectivity index is 2.37. The maximum atomic E-state index is 5.40. The van der Waals surface area contributed by atoms with E-state index in [4.69, 9.17) is 12.2 Å². The van der Waals surface area contributed by atoms with Gasteiger partial charge in [0.05, 0.1) is 11.1 Å². The van der Waals surface area contributed by atoms with Gasteiger partial charge in [0.15, 0.2) is 5.11 Å². The quantitative estimate of drug-likeness (QED) is 0.532. The van der Waals surface area contributed by atoms with Gasteiger partial charge in [-0.1, -0.05) is 0 Å². The van der Waals surface area contributed by atoms with Gasteiger partial charge in [-0.3, -0.25) is 0 Å². The molecule has 0 aliphatic carbocycles. The van der Waals surface area contributed by atoms with Crippen LogP contribution in [0.25, 0.3) is 0 Å². The molecule has 1 fully saturated rings. The third kappa shape index (κ3) is 6.82. The van der Waals surface area contributed by atoms with Crippen molar-refractivity contribution in [1.29, 1.82) is 0 Å². The van der Waals surface area contributed by atoms with Gasteiger partial charge in [-0.25, -0.2) is 0 Å². The molecule has 0 bridgehead atoms. The molecule has 1 heterocycles. The highest BCUT2D eigenvalue weighted by Crippen LogP contribution is 2.21. The lowest BCUT2D eigenvalue weighted by Gasteiger charge is -2.43. The molecule has 112 valence electrons. The van der Waals surface area contributed by atoms with Crippen LogP contribution in [-0.4, -0.2) is 40.8 Å². The van der Waals surface area contributed by atoms with E-state index in [0.717, 1.165) is 24.5 Å². The Kier molecular flexibility index (Phi) is 6.40. The molecule has 5 heteroatoms. The molecule has 0 unspecified atom stereocenters. The molecule has 0 aromatic carbocycles. The number of thioether (sulfide) groups is 1. The third-order valence-electron chi connectivity index (χ3n) is 3.47. The summed E-state index contributed by atoms with van der Waals surface area (Å²) in [7, 11) is 0. The van der Waals surface area contributed by atoms with Crippen molar-refractivity contribution in [2.24, 2.45) is 0 Å². The summed E-state index contributed by atoms with van der Waals surface area (Å²) in [4.78, 5) is 0. The largest absolute Gasteiger partial charge is 0.363 e. The zero-order chi connectivity index (χ0) is 14.5. The molecule has 0 saturated carbocycles. The van der Waals surface area contributed by atoms with Crippen molar-refractivity contribution in [2.45, 2.75) is 64.1 Å². The van der Waals surface area contributed by atoms with Crippen LogP contribution in [0.4, 0.5) is 0 Å². The summed E-state index contributed by atoms with van der Waals surface area (Å²) in [5.41, 5.74) is 0.571. The minimum absolute atomic E-state index is 0.286. The smallest absolute Gasteiger partial charge is 0.166 e. The van der Waals surface area contributed by atoms with Gasteiger partial charge in [0.2, 0.25) is 0 Å². The van der Waals surface area contributed by atoms with Crippen LogP contribution in [-0.2, 0) is 0 Å². The first kappa shape index (κ1) is 17.1. The van der Waals surface area contributed by atoms with E-state index in [9.17, 15) is 0 Å². The summed E-state index contributed by atoms with van der Waals surface area (Å²) < 4.78 is 0. The first-order valence-electron chi connectivity index (χ1n) is 7.14. The van der Waals surface area contributed by atoms with E-state index < -0.39 is 0 Å². The van der Waals surface area contributed by atoms with E-state index >= 15 is 0 Å². The van der Waals surface area contributed by atoms with Gasteiger partial charge in [-0.2, -0.15) is 11.8 Å². The van der Waals surface area contributed by atoms with Gasteiger partial charge in [0.25, 0.3) is 0 Å². The predicted octanol–water partition coefficient (Wildman–Crippen LogP) is 1.49. The van der Waals surface area contributed by atoms with E-state index in [1.54, 1.807) is 0 Å². The number of thiocarbonyl (C=S) groups is 1. The third-order valence-corrected chi connectivity index (χ3v) is 4.43. The number of piperidine rings is 1. The number of hydrogen-bond acceptors (Lipinski definition) is 2. The van der Waals surface area contributed by atoms with Crippen molar-refractivity contribution >= 4 is 29.1 Å². The zero-order valence-electron chi connectivity index (χ0n) is 13.0. The van der Waals surface area contributed by atoms with Crippen LogP contribution in [0.3, 0.4) is 0 Å². The number of hydrogen-bond donors (Lipinski definition) is 3. The van der Waals surface area contributed by atoms with Crippen LogP contribution in [0.5, 0.6) is 0 Å². The van der Waals surface area contributed by atoms with Crippen molar-refractivity contribution in [2.75, 3.05) is 18.6 Å². The number of quaternary nitrogens is 1. The second-order valence-corrected chi connectivity index (χ2v) is 8.37. The normalized spacial score (nSPS) is 21.9. The summed E-state index contributed by atoms with van der Waals surface area (Å²) >= 11 is 7.28. The molecule has 1 aliphatic rings. The summed E-state index contributed by atoms with van der Waals surface area (Å²) in [6, 6.07) is 0.482. The van der Waals surface area contributed by atoms with Crippen LogP contribution < -0.4 is 16.0 Å². The van der Waals surface area contributed by atoms with Crippen LogP contribution in [0.1, 0.15) is 47.0 Å². The lowest BCUT2D eigenvalue weighted by Crippen LogP contribution is -3.06. The van der Waals surface area contributed by atoms with Gasteiger partial charge in [0.1, 0.15) is 0 Å². The highest BCUT2D eigenvalue weighted by Gasteiger charge is 2.41. The molecule has 1 rings (SSSR count). The summed E-state index contributed by atoms with van der Waals surface area (Å²) in [5, 5.41) is 10.1. The minimum Gasteiger partial charge on any atom is -0.363 e. The molecule has 1 aliphatic heterocycles. The first-order chi connectivity index (χ1) is 8.74. The molecule has 0 aromatic heterocycles. The molecule has 0 atom stereocenters. The second kappa shape index (κ2) is 7.14. The van der Waals surface area contributed by atoms with Crippen LogP contribution in [0.2, 0.25) is 0 Å². The Hall–Kier alpha value is -0.0000000000000000486. The van der Waals surface area contributed by atoms with Crippen molar-refractivity contribution in [3.8, 4) is 0 Å². The maximum absolute atomic E-state index is 5.40. The van der Waals surface area contributed by atoms with Gasteiger partial charge < -0.3 is 16.0 Å². The maximum Gasteiger partial charge on any atom is 0.166 e. The molecule has 19 heavy (non-hydrogen) atoms. The van der Waals surface area contributed by atoms with Gasteiger partial charge in [-0.15, -0.1) is 0 Å². The lowest BCUT2D eigenvalue weighted by atomic mass is 9.80. The average Bonchev–Trinajstić information content (AvgIpc) is 2.19. The summed E-state index contributed by atoms with van der Waals surface area (Å²) in [6.07, 6.45) is 5.61. The molecular weight excluding hydrogens is 274 g/mol.